The Hall–Kier alpha value is -0.300. The molecule has 0 amide bonds. The summed E-state index contributed by atoms with van der Waals surface area (Å²) in [4.78, 5) is 1.45. The van der Waals surface area contributed by atoms with E-state index >= 15 is 0 Å². The molecule has 0 N–H and O–H groups in total. The van der Waals surface area contributed by atoms with Crippen molar-refractivity contribution in [2.45, 2.75) is 20.8 Å². The normalized spacial score (nSPS) is 9.88. The molecule has 0 atom stereocenters. The molecule has 0 fully saturated rings. The molecule has 0 aliphatic carbocycles. The van der Waals surface area contributed by atoms with E-state index in [2.05, 4.69) is 26.2 Å². The van der Waals surface area contributed by atoms with Gasteiger partial charge in [0.2, 0.25) is 0 Å². The van der Waals surface area contributed by atoms with Crippen LogP contribution in [0.1, 0.15) is 16.0 Å². The Balaban J connectivity index is 3.19. The standard InChI is InChI=1S/C7H10S/c1-5-4-8-7(3)6(5)2/h4H,1-3H3. The predicted molar refractivity (Wildman–Crippen MR) is 38.5 cm³/mol. The lowest BCUT2D eigenvalue weighted by molar-refractivity contribution is 1.35. The Morgan fingerprint density at radius 2 is 1.88 bits per heavy atom. The smallest absolute Gasteiger partial charge is 0.00461 e. The molecule has 0 unspecified atom stereocenters. The van der Waals surface area contributed by atoms with Gasteiger partial charge >= 0.3 is 0 Å². The van der Waals surface area contributed by atoms with E-state index in [1.54, 1.807) is 0 Å². The Morgan fingerprint density at radius 3 is 2.00 bits per heavy atom. The van der Waals surface area contributed by atoms with E-state index in [1.807, 2.05) is 11.3 Å². The zero-order valence-electron chi connectivity index (χ0n) is 5.49. The summed E-state index contributed by atoms with van der Waals surface area (Å²) >= 11 is 1.83. The Morgan fingerprint density at radius 1 is 1.25 bits per heavy atom. The van der Waals surface area contributed by atoms with Gasteiger partial charge in [-0.3, -0.25) is 0 Å². The largest absolute Gasteiger partial charge is 0.149 e. The zero-order valence-corrected chi connectivity index (χ0v) is 6.30. The van der Waals surface area contributed by atoms with Crippen LogP contribution in [0, 0.1) is 20.8 Å². The average Bonchev–Trinajstić information content (AvgIpc) is 1.98. The first kappa shape index (κ1) is 5.83. The van der Waals surface area contributed by atoms with Gasteiger partial charge in [-0.2, -0.15) is 0 Å². The summed E-state index contributed by atoms with van der Waals surface area (Å²) in [6, 6.07) is 0. The molecule has 0 saturated carbocycles. The molecule has 1 heterocycles. The molecular formula is C7H10S. The van der Waals surface area contributed by atoms with Crippen LogP contribution in [-0.4, -0.2) is 0 Å². The Kier molecular flexibility index (Phi) is 1.39. The summed E-state index contributed by atoms with van der Waals surface area (Å²) in [5.74, 6) is 0. The molecule has 0 spiro atoms. The van der Waals surface area contributed by atoms with E-state index in [1.165, 1.54) is 16.0 Å². The van der Waals surface area contributed by atoms with Crippen LogP contribution >= 0.6 is 11.3 Å². The highest BCUT2D eigenvalue weighted by molar-refractivity contribution is 7.10. The van der Waals surface area contributed by atoms with Crippen molar-refractivity contribution in [1.29, 1.82) is 0 Å². The van der Waals surface area contributed by atoms with Crippen LogP contribution in [-0.2, 0) is 0 Å². The summed E-state index contributed by atoms with van der Waals surface area (Å²) < 4.78 is 0. The van der Waals surface area contributed by atoms with Gasteiger partial charge in [-0.05, 0) is 37.3 Å². The number of rotatable bonds is 0. The van der Waals surface area contributed by atoms with Gasteiger partial charge < -0.3 is 0 Å². The summed E-state index contributed by atoms with van der Waals surface area (Å²) in [5.41, 5.74) is 2.88. The van der Waals surface area contributed by atoms with Gasteiger partial charge in [0, 0.05) is 4.88 Å². The fourth-order valence-electron chi connectivity index (χ4n) is 0.631. The van der Waals surface area contributed by atoms with Crippen molar-refractivity contribution in [3.8, 4) is 0 Å². The number of hydrogen-bond donors (Lipinski definition) is 0. The molecule has 1 aromatic heterocycles. The molecule has 8 heavy (non-hydrogen) atoms. The lowest BCUT2D eigenvalue weighted by atomic mass is 10.2. The first-order chi connectivity index (χ1) is 3.72. The maximum absolute atomic E-state index is 2.20. The number of thiophene rings is 1. The van der Waals surface area contributed by atoms with Crippen molar-refractivity contribution in [2.24, 2.45) is 0 Å². The molecule has 1 heteroatoms. The monoisotopic (exact) mass is 126 g/mol. The van der Waals surface area contributed by atoms with E-state index in [4.69, 9.17) is 0 Å². The van der Waals surface area contributed by atoms with Gasteiger partial charge in [-0.15, -0.1) is 11.3 Å². The van der Waals surface area contributed by atoms with Gasteiger partial charge in [0.25, 0.3) is 0 Å². The van der Waals surface area contributed by atoms with E-state index in [9.17, 15) is 0 Å². The molecule has 1 rings (SSSR count). The second-order valence-electron chi connectivity index (χ2n) is 2.10. The molecule has 1 aromatic rings. The molecule has 0 saturated heterocycles. The second kappa shape index (κ2) is 1.90. The first-order valence-corrected chi connectivity index (χ1v) is 3.61. The fourth-order valence-corrected chi connectivity index (χ4v) is 1.50. The molecule has 0 radical (unpaired) electrons. The fraction of sp³-hybridized carbons (Fsp3) is 0.429. The summed E-state index contributed by atoms with van der Waals surface area (Å²) in [6.45, 7) is 6.48. The van der Waals surface area contributed by atoms with Crippen LogP contribution < -0.4 is 0 Å². The zero-order chi connectivity index (χ0) is 6.15. The van der Waals surface area contributed by atoms with Crippen molar-refractivity contribution in [3.63, 3.8) is 0 Å². The van der Waals surface area contributed by atoms with Crippen molar-refractivity contribution < 1.29 is 0 Å². The molecule has 0 aromatic carbocycles. The number of hydrogen-bond acceptors (Lipinski definition) is 1. The molecular weight excluding hydrogens is 116 g/mol. The van der Waals surface area contributed by atoms with Gasteiger partial charge in [-0.1, -0.05) is 0 Å². The summed E-state index contributed by atoms with van der Waals surface area (Å²) in [5, 5.41) is 2.20. The van der Waals surface area contributed by atoms with Crippen molar-refractivity contribution in [3.05, 3.63) is 21.4 Å². The molecule has 44 valence electrons. The number of aryl methyl sites for hydroxylation is 2. The topological polar surface area (TPSA) is 0 Å². The molecule has 0 bridgehead atoms. The predicted octanol–water partition coefficient (Wildman–Crippen LogP) is 2.67. The third-order valence-corrected chi connectivity index (χ3v) is 2.66. The van der Waals surface area contributed by atoms with Crippen LogP contribution in [0.5, 0.6) is 0 Å². The van der Waals surface area contributed by atoms with Crippen molar-refractivity contribution in [2.75, 3.05) is 0 Å². The van der Waals surface area contributed by atoms with E-state index in [0.717, 1.165) is 0 Å². The maximum atomic E-state index is 2.20. The minimum atomic E-state index is 1.42. The van der Waals surface area contributed by atoms with Gasteiger partial charge in [-0.25, -0.2) is 0 Å². The molecule has 0 aliphatic heterocycles. The van der Waals surface area contributed by atoms with Crippen LogP contribution in [0.15, 0.2) is 5.38 Å². The van der Waals surface area contributed by atoms with Crippen molar-refractivity contribution >= 4 is 11.3 Å². The minimum absolute atomic E-state index is 1.42. The van der Waals surface area contributed by atoms with Crippen LogP contribution in [0.25, 0.3) is 0 Å². The van der Waals surface area contributed by atoms with E-state index in [0.29, 0.717) is 0 Å². The van der Waals surface area contributed by atoms with Gasteiger partial charge in [0.15, 0.2) is 0 Å². The lowest BCUT2D eigenvalue weighted by Gasteiger charge is -1.86. The molecule has 0 aliphatic rings. The highest BCUT2D eigenvalue weighted by Crippen LogP contribution is 2.18. The van der Waals surface area contributed by atoms with Gasteiger partial charge in [0.1, 0.15) is 0 Å². The summed E-state index contributed by atoms with van der Waals surface area (Å²) in [6.07, 6.45) is 0. The SMILES string of the molecule is Cc1csc(C)c1C. The minimum Gasteiger partial charge on any atom is -0.149 e. The van der Waals surface area contributed by atoms with Crippen LogP contribution in [0.3, 0.4) is 0 Å². The Labute approximate surface area is 54.2 Å². The summed E-state index contributed by atoms with van der Waals surface area (Å²) in [7, 11) is 0. The van der Waals surface area contributed by atoms with Crippen LogP contribution in [0.2, 0.25) is 0 Å². The van der Waals surface area contributed by atoms with Crippen LogP contribution in [0.4, 0.5) is 0 Å². The highest BCUT2D eigenvalue weighted by Gasteiger charge is 1.95. The van der Waals surface area contributed by atoms with Gasteiger partial charge in [0.05, 0.1) is 0 Å². The average molecular weight is 126 g/mol. The lowest BCUT2D eigenvalue weighted by Crippen LogP contribution is -1.70. The second-order valence-corrected chi connectivity index (χ2v) is 3.18. The Bertz CT molecular complexity index is 167. The third-order valence-electron chi connectivity index (χ3n) is 1.53. The molecule has 0 nitrogen and oxygen atoms in total. The highest BCUT2D eigenvalue weighted by atomic mass is 32.1. The first-order valence-electron chi connectivity index (χ1n) is 2.73. The maximum Gasteiger partial charge on any atom is 0.00461 e. The quantitative estimate of drug-likeness (QED) is 0.501. The van der Waals surface area contributed by atoms with E-state index < -0.39 is 0 Å². The van der Waals surface area contributed by atoms with Crippen molar-refractivity contribution in [1.82, 2.24) is 0 Å². The van der Waals surface area contributed by atoms with E-state index in [-0.39, 0.29) is 0 Å². The third kappa shape index (κ3) is 0.781.